The van der Waals surface area contributed by atoms with Gasteiger partial charge in [0.05, 0.1) is 0 Å². The normalized spacial score (nSPS) is 13.5. The van der Waals surface area contributed by atoms with E-state index in [2.05, 4.69) is 10.6 Å². The van der Waals surface area contributed by atoms with Crippen LogP contribution in [-0.4, -0.2) is 47.0 Å². The molecule has 31 heavy (non-hydrogen) atoms. The summed E-state index contributed by atoms with van der Waals surface area (Å²) >= 11 is 0. The fraction of sp³-hybridized carbons (Fsp3) is 0.625. The van der Waals surface area contributed by atoms with E-state index in [1.54, 1.807) is 25.7 Å². The molecular weight excluding hydrogens is 394 g/mol. The molecule has 7 heteroatoms. The monoisotopic (exact) mass is 433 g/mol. The summed E-state index contributed by atoms with van der Waals surface area (Å²) in [5.41, 5.74) is 0.0452. The van der Waals surface area contributed by atoms with Crippen LogP contribution >= 0.6 is 0 Å². The zero-order valence-electron chi connectivity index (χ0n) is 20.2. The lowest BCUT2D eigenvalue weighted by Gasteiger charge is -2.35. The average molecular weight is 434 g/mol. The van der Waals surface area contributed by atoms with Crippen molar-refractivity contribution in [2.45, 2.75) is 85.5 Å². The van der Waals surface area contributed by atoms with Gasteiger partial charge in [0.15, 0.2) is 0 Å². The minimum atomic E-state index is -0.820. The van der Waals surface area contributed by atoms with Gasteiger partial charge in [-0.05, 0) is 52.5 Å². The van der Waals surface area contributed by atoms with Crippen molar-refractivity contribution in [1.82, 2.24) is 15.5 Å². The van der Waals surface area contributed by atoms with Crippen LogP contribution < -0.4 is 10.6 Å². The molecule has 0 spiro atoms. The molecule has 0 bridgehead atoms. The second kappa shape index (κ2) is 11.7. The second-order valence-corrected chi connectivity index (χ2v) is 9.38. The minimum Gasteiger partial charge on any atom is -0.444 e. The molecule has 0 saturated carbocycles. The molecule has 0 saturated heterocycles. The Morgan fingerprint density at radius 3 is 2.03 bits per heavy atom. The predicted octanol–water partition coefficient (Wildman–Crippen LogP) is 4.04. The number of carbonyl (C=O) groups excluding carboxylic acids is 3. The van der Waals surface area contributed by atoms with Crippen molar-refractivity contribution in [3.05, 3.63) is 35.9 Å². The van der Waals surface area contributed by atoms with Gasteiger partial charge in [-0.1, -0.05) is 51.1 Å². The largest absolute Gasteiger partial charge is 0.444 e. The van der Waals surface area contributed by atoms with Crippen molar-refractivity contribution < 1.29 is 19.1 Å². The summed E-state index contributed by atoms with van der Waals surface area (Å²) < 4.78 is 5.35. The molecule has 1 aromatic rings. The van der Waals surface area contributed by atoms with Gasteiger partial charge in [-0.25, -0.2) is 4.79 Å². The Morgan fingerprint density at radius 1 is 1.00 bits per heavy atom. The third-order valence-electron chi connectivity index (χ3n) is 4.46. The lowest BCUT2D eigenvalue weighted by atomic mass is 9.98. The Kier molecular flexibility index (Phi) is 10.0. The van der Waals surface area contributed by atoms with E-state index in [0.29, 0.717) is 13.0 Å². The first-order chi connectivity index (χ1) is 14.4. The highest BCUT2D eigenvalue weighted by Gasteiger charge is 2.37. The van der Waals surface area contributed by atoms with Gasteiger partial charge in [-0.3, -0.25) is 9.59 Å². The smallest absolute Gasteiger partial charge is 0.408 e. The first-order valence-corrected chi connectivity index (χ1v) is 11.0. The maximum absolute atomic E-state index is 13.7. The van der Waals surface area contributed by atoms with Gasteiger partial charge >= 0.3 is 6.09 Å². The Labute approximate surface area is 186 Å². The zero-order valence-corrected chi connectivity index (χ0v) is 20.2. The molecule has 174 valence electrons. The van der Waals surface area contributed by atoms with Gasteiger partial charge in [-0.15, -0.1) is 0 Å². The molecule has 3 amide bonds. The van der Waals surface area contributed by atoms with E-state index in [-0.39, 0.29) is 23.8 Å². The number of benzene rings is 1. The molecule has 0 fully saturated rings. The van der Waals surface area contributed by atoms with Gasteiger partial charge in [0, 0.05) is 12.6 Å². The van der Waals surface area contributed by atoms with E-state index in [9.17, 15) is 14.4 Å². The van der Waals surface area contributed by atoms with Crippen molar-refractivity contribution in [3.8, 4) is 0 Å². The molecule has 0 aliphatic heterocycles. The molecule has 2 atom stereocenters. The van der Waals surface area contributed by atoms with Gasteiger partial charge in [-0.2, -0.15) is 0 Å². The summed E-state index contributed by atoms with van der Waals surface area (Å²) in [6.07, 6.45) is 0.0141. The molecule has 1 aromatic carbocycles. The number of ether oxygens (including phenoxy) is 1. The first-order valence-electron chi connectivity index (χ1n) is 11.0. The maximum atomic E-state index is 13.7. The molecule has 7 nitrogen and oxygen atoms in total. The average Bonchev–Trinajstić information content (AvgIpc) is 2.64. The summed E-state index contributed by atoms with van der Waals surface area (Å²) in [6, 6.07) is 7.55. The molecule has 2 unspecified atom stereocenters. The fourth-order valence-electron chi connectivity index (χ4n) is 3.21. The quantitative estimate of drug-likeness (QED) is 0.615. The summed E-state index contributed by atoms with van der Waals surface area (Å²) in [5, 5.41) is 5.64. The number of hydrogen-bond donors (Lipinski definition) is 2. The number of nitrogens with one attached hydrogen (secondary N) is 2. The standard InChI is InChI=1S/C24H39N3O4/c1-9-15-27(20(21(28)25-17(4)5)18-13-11-10-12-14-18)22(29)19(16(2)3)26-23(30)31-24(6,7)8/h10-14,16-17,19-20H,9,15H2,1-8H3,(H,25,28)(H,26,30). The van der Waals surface area contributed by atoms with Crippen molar-refractivity contribution in [3.63, 3.8) is 0 Å². The Bertz CT molecular complexity index is 726. The van der Waals surface area contributed by atoms with E-state index in [4.69, 9.17) is 4.74 Å². The van der Waals surface area contributed by atoms with Crippen LogP contribution in [0.25, 0.3) is 0 Å². The van der Waals surface area contributed by atoms with Crippen LogP contribution in [0.5, 0.6) is 0 Å². The van der Waals surface area contributed by atoms with Crippen molar-refractivity contribution in [2.75, 3.05) is 6.54 Å². The van der Waals surface area contributed by atoms with Gasteiger partial charge < -0.3 is 20.3 Å². The van der Waals surface area contributed by atoms with Gasteiger partial charge in [0.2, 0.25) is 11.8 Å². The Balaban J connectivity index is 3.31. The predicted molar refractivity (Wildman–Crippen MR) is 122 cm³/mol. The summed E-state index contributed by atoms with van der Waals surface area (Å²) in [4.78, 5) is 40.8. The lowest BCUT2D eigenvalue weighted by molar-refractivity contribution is -0.143. The van der Waals surface area contributed by atoms with E-state index >= 15 is 0 Å². The lowest BCUT2D eigenvalue weighted by Crippen LogP contribution is -2.55. The fourth-order valence-corrected chi connectivity index (χ4v) is 3.21. The van der Waals surface area contributed by atoms with Crippen LogP contribution in [-0.2, 0) is 14.3 Å². The number of amides is 3. The third-order valence-corrected chi connectivity index (χ3v) is 4.46. The topological polar surface area (TPSA) is 87.7 Å². The van der Waals surface area contributed by atoms with Crippen molar-refractivity contribution in [2.24, 2.45) is 5.92 Å². The third kappa shape index (κ3) is 8.59. The van der Waals surface area contributed by atoms with Crippen LogP contribution in [0.3, 0.4) is 0 Å². The molecule has 0 radical (unpaired) electrons. The highest BCUT2D eigenvalue weighted by atomic mass is 16.6. The highest BCUT2D eigenvalue weighted by molar-refractivity contribution is 5.92. The molecule has 1 rings (SSSR count). The Hall–Kier alpha value is -2.57. The van der Waals surface area contributed by atoms with Crippen LogP contribution in [0.2, 0.25) is 0 Å². The number of rotatable bonds is 9. The first kappa shape index (κ1) is 26.5. The highest BCUT2D eigenvalue weighted by Crippen LogP contribution is 2.24. The minimum absolute atomic E-state index is 0.0712. The number of hydrogen-bond acceptors (Lipinski definition) is 4. The molecule has 0 heterocycles. The number of alkyl carbamates (subject to hydrolysis) is 1. The number of nitrogens with zero attached hydrogens (tertiary/aromatic N) is 1. The Morgan fingerprint density at radius 2 is 1.58 bits per heavy atom. The number of carbonyl (C=O) groups is 3. The van der Waals surface area contributed by atoms with E-state index in [0.717, 1.165) is 5.56 Å². The van der Waals surface area contributed by atoms with Gasteiger partial charge in [0.25, 0.3) is 0 Å². The van der Waals surface area contributed by atoms with E-state index in [1.165, 1.54) is 0 Å². The molecule has 2 N–H and O–H groups in total. The summed E-state index contributed by atoms with van der Waals surface area (Å²) in [5.74, 6) is -0.748. The SMILES string of the molecule is CCCN(C(=O)C(NC(=O)OC(C)(C)C)C(C)C)C(C(=O)NC(C)C)c1ccccc1. The maximum Gasteiger partial charge on any atom is 0.408 e. The van der Waals surface area contributed by atoms with Crippen molar-refractivity contribution in [1.29, 1.82) is 0 Å². The molecule has 0 aromatic heterocycles. The zero-order chi connectivity index (χ0) is 23.8. The van der Waals surface area contributed by atoms with E-state index in [1.807, 2.05) is 65.0 Å². The van der Waals surface area contributed by atoms with Crippen LogP contribution in [0.1, 0.15) is 73.4 Å². The summed E-state index contributed by atoms with van der Waals surface area (Å²) in [7, 11) is 0. The summed E-state index contributed by atoms with van der Waals surface area (Å²) in [6.45, 7) is 15.1. The van der Waals surface area contributed by atoms with Crippen LogP contribution in [0, 0.1) is 5.92 Å². The van der Waals surface area contributed by atoms with Gasteiger partial charge in [0.1, 0.15) is 17.7 Å². The van der Waals surface area contributed by atoms with Crippen molar-refractivity contribution >= 4 is 17.9 Å². The molecular formula is C24H39N3O4. The van der Waals surface area contributed by atoms with Crippen LogP contribution in [0.15, 0.2) is 30.3 Å². The second-order valence-electron chi connectivity index (χ2n) is 9.38. The van der Waals surface area contributed by atoms with Crippen LogP contribution in [0.4, 0.5) is 4.79 Å². The molecule has 0 aliphatic rings. The molecule has 0 aliphatic carbocycles. The van der Waals surface area contributed by atoms with E-state index < -0.39 is 23.8 Å².